The lowest BCUT2D eigenvalue weighted by atomic mass is 9.94. The Morgan fingerprint density at radius 1 is 1.03 bits per heavy atom. The molecule has 3 aromatic heterocycles. The molecule has 6 aromatic rings. The summed E-state index contributed by atoms with van der Waals surface area (Å²) in [7, 11) is 1.40. The van der Waals surface area contributed by atoms with Crippen LogP contribution in [0, 0.1) is 6.92 Å². The Morgan fingerprint density at radius 3 is 2.67 bits per heavy atom. The summed E-state index contributed by atoms with van der Waals surface area (Å²) in [4.78, 5) is 18.2. The third kappa shape index (κ3) is 4.26. The second kappa shape index (κ2) is 10.0. The average Bonchev–Trinajstić information content (AvgIpc) is 3.50. The minimum absolute atomic E-state index is 0.285. The molecule has 2 N–H and O–H groups in total. The number of aromatic nitrogens is 3. The van der Waals surface area contributed by atoms with E-state index in [0.29, 0.717) is 12.0 Å². The van der Waals surface area contributed by atoms with Gasteiger partial charge in [0.2, 0.25) is 0 Å². The molecule has 7 heteroatoms. The maximum Gasteiger partial charge on any atom is 0.339 e. The molecule has 39 heavy (non-hydrogen) atoms. The Kier molecular flexibility index (Phi) is 6.38. The van der Waals surface area contributed by atoms with Crippen molar-refractivity contribution in [3.63, 3.8) is 0 Å². The zero-order valence-electron chi connectivity index (χ0n) is 21.8. The van der Waals surface area contributed by atoms with Gasteiger partial charge in [-0.1, -0.05) is 54.6 Å². The highest BCUT2D eigenvalue weighted by molar-refractivity contribution is 6.10. The van der Waals surface area contributed by atoms with Gasteiger partial charge in [-0.3, -0.25) is 0 Å². The smallest absolute Gasteiger partial charge is 0.339 e. The quantitative estimate of drug-likeness (QED) is 0.285. The van der Waals surface area contributed by atoms with Gasteiger partial charge in [0.15, 0.2) is 0 Å². The van der Waals surface area contributed by atoms with Gasteiger partial charge in [0.25, 0.3) is 0 Å². The maximum absolute atomic E-state index is 13.2. The predicted octanol–water partition coefficient (Wildman–Crippen LogP) is 5.15. The normalized spacial score (nSPS) is 12.4. The van der Waals surface area contributed by atoms with Gasteiger partial charge in [0, 0.05) is 35.3 Å². The zero-order chi connectivity index (χ0) is 27.1. The van der Waals surface area contributed by atoms with Crippen molar-refractivity contribution in [2.45, 2.75) is 26.0 Å². The highest BCUT2D eigenvalue weighted by Gasteiger charge is 2.24. The summed E-state index contributed by atoms with van der Waals surface area (Å²) < 4.78 is 9.30. The molecule has 0 aliphatic rings. The molecule has 3 aromatic carbocycles. The van der Waals surface area contributed by atoms with Crippen LogP contribution in [0.25, 0.3) is 38.6 Å². The number of fused-ring (bicyclic) bond motifs is 3. The molecule has 6 rings (SSSR count). The van der Waals surface area contributed by atoms with Crippen molar-refractivity contribution in [2.24, 2.45) is 0 Å². The maximum atomic E-state index is 13.2. The largest absolute Gasteiger partial charge is 0.465 e. The van der Waals surface area contributed by atoms with Crippen LogP contribution in [0.4, 0.5) is 0 Å². The molecule has 0 amide bonds. The Morgan fingerprint density at radius 2 is 1.85 bits per heavy atom. The van der Waals surface area contributed by atoms with Crippen LogP contribution in [-0.4, -0.2) is 50.0 Å². The number of hydrogen-bond acceptors (Lipinski definition) is 5. The number of methoxy groups -OCH3 is 1. The molecule has 0 saturated carbocycles. The van der Waals surface area contributed by atoms with Crippen molar-refractivity contribution in [1.29, 1.82) is 0 Å². The van der Waals surface area contributed by atoms with Gasteiger partial charge in [-0.25, -0.2) is 9.78 Å². The van der Waals surface area contributed by atoms with Crippen molar-refractivity contribution < 1.29 is 19.7 Å². The number of pyridine rings is 1. The van der Waals surface area contributed by atoms with Crippen molar-refractivity contribution >= 4 is 33.3 Å². The first-order valence-corrected chi connectivity index (χ1v) is 12.9. The first-order chi connectivity index (χ1) is 19.0. The Balaban J connectivity index is 1.59. The number of ether oxygens (including phenoxy) is 1. The lowest BCUT2D eigenvalue weighted by molar-refractivity contribution is 0.0604. The summed E-state index contributed by atoms with van der Waals surface area (Å²) in [5, 5.41) is 22.5. The second-order valence-electron chi connectivity index (χ2n) is 9.83. The van der Waals surface area contributed by atoms with Crippen molar-refractivity contribution in [3.8, 4) is 11.3 Å². The Bertz CT molecular complexity index is 1850. The van der Waals surface area contributed by atoms with E-state index in [1.165, 1.54) is 7.11 Å². The molecule has 7 nitrogen and oxygen atoms in total. The van der Waals surface area contributed by atoms with Gasteiger partial charge in [-0.15, -0.1) is 0 Å². The molecule has 0 saturated heterocycles. The molecule has 0 aliphatic carbocycles. The molecule has 0 radical (unpaired) electrons. The number of hydrogen-bond donors (Lipinski definition) is 2. The van der Waals surface area contributed by atoms with E-state index < -0.39 is 12.1 Å². The van der Waals surface area contributed by atoms with Crippen molar-refractivity contribution in [1.82, 2.24) is 14.0 Å². The Labute approximate surface area is 225 Å². The summed E-state index contributed by atoms with van der Waals surface area (Å²) in [6.07, 6.45) is 3.71. The van der Waals surface area contributed by atoms with Crippen LogP contribution >= 0.6 is 0 Å². The predicted molar refractivity (Wildman–Crippen MR) is 152 cm³/mol. The van der Waals surface area contributed by atoms with Gasteiger partial charge >= 0.3 is 5.97 Å². The van der Waals surface area contributed by atoms with Crippen LogP contribution in [0.5, 0.6) is 0 Å². The average molecular weight is 520 g/mol. The first-order valence-electron chi connectivity index (χ1n) is 12.9. The summed E-state index contributed by atoms with van der Waals surface area (Å²) in [5.74, 6) is -0.407. The molecule has 0 aliphatic heterocycles. The fourth-order valence-electron chi connectivity index (χ4n) is 5.60. The van der Waals surface area contributed by atoms with Crippen LogP contribution in [0.15, 0.2) is 85.2 Å². The van der Waals surface area contributed by atoms with Gasteiger partial charge in [-0.05, 0) is 47.0 Å². The molecule has 0 bridgehead atoms. The van der Waals surface area contributed by atoms with E-state index in [9.17, 15) is 15.0 Å². The fraction of sp³-hybridized carbons (Fsp3) is 0.188. The summed E-state index contributed by atoms with van der Waals surface area (Å²) in [5.41, 5.74) is 6.83. The third-order valence-electron chi connectivity index (χ3n) is 7.37. The van der Waals surface area contributed by atoms with Crippen molar-refractivity contribution in [3.05, 3.63) is 108 Å². The second-order valence-corrected chi connectivity index (χ2v) is 9.83. The van der Waals surface area contributed by atoms with Crippen LogP contribution in [-0.2, 0) is 17.7 Å². The van der Waals surface area contributed by atoms with Gasteiger partial charge in [-0.2, -0.15) is 0 Å². The summed E-state index contributed by atoms with van der Waals surface area (Å²) >= 11 is 0. The number of benzene rings is 3. The van der Waals surface area contributed by atoms with Gasteiger partial charge < -0.3 is 23.9 Å². The summed E-state index contributed by atoms with van der Waals surface area (Å²) in [6, 6.07) is 23.7. The van der Waals surface area contributed by atoms with E-state index in [-0.39, 0.29) is 13.2 Å². The minimum Gasteiger partial charge on any atom is -0.465 e. The molecule has 0 spiro atoms. The monoisotopic (exact) mass is 519 g/mol. The number of rotatable bonds is 7. The topological polar surface area (TPSA) is 89.0 Å². The number of imidazole rings is 1. The van der Waals surface area contributed by atoms with E-state index in [2.05, 4.69) is 17.4 Å². The Hall–Kier alpha value is -4.46. The van der Waals surface area contributed by atoms with E-state index in [4.69, 9.17) is 9.72 Å². The number of nitrogens with zero attached hydrogens (tertiary/aromatic N) is 3. The van der Waals surface area contributed by atoms with Crippen molar-refractivity contribution in [2.75, 3.05) is 13.7 Å². The van der Waals surface area contributed by atoms with Gasteiger partial charge in [0.05, 0.1) is 43.3 Å². The van der Waals surface area contributed by atoms with E-state index in [0.717, 1.165) is 55.4 Å². The van der Waals surface area contributed by atoms with Crippen LogP contribution < -0.4 is 0 Å². The van der Waals surface area contributed by atoms with E-state index in [1.54, 1.807) is 0 Å². The third-order valence-corrected chi connectivity index (χ3v) is 7.37. The zero-order valence-corrected chi connectivity index (χ0v) is 21.8. The van der Waals surface area contributed by atoms with E-state index >= 15 is 0 Å². The number of aryl methyl sites for hydroxylation is 1. The standard InChI is InChI=1S/C32H29N3O4/c1-20-8-7-11-26-29(20)22(17-34(26)18-23(37)19-36)16-27-31(33-28-12-5-6-15-35(27)28)25-14-13-21-9-3-4-10-24(21)30(25)32(38)39-2/h3-15,17,23,36-37H,16,18-19H2,1-2H3. The summed E-state index contributed by atoms with van der Waals surface area (Å²) in [6.45, 7) is 2.05. The van der Waals surface area contributed by atoms with Crippen LogP contribution in [0.2, 0.25) is 0 Å². The molecule has 1 atom stereocenters. The van der Waals surface area contributed by atoms with Gasteiger partial charge in [0.1, 0.15) is 5.65 Å². The molecule has 0 fully saturated rings. The number of carbonyl (C=O) groups is 1. The fourth-order valence-corrected chi connectivity index (χ4v) is 5.60. The number of carbonyl (C=O) groups excluding carboxylic acids is 1. The molecule has 1 unspecified atom stereocenters. The first kappa shape index (κ1) is 24.9. The number of aliphatic hydroxyl groups is 2. The molecular weight excluding hydrogens is 490 g/mol. The number of aliphatic hydroxyl groups excluding tert-OH is 2. The molecular formula is C32H29N3O4. The molecule has 3 heterocycles. The lowest BCUT2D eigenvalue weighted by Gasteiger charge is -2.12. The highest BCUT2D eigenvalue weighted by atomic mass is 16.5. The van der Waals surface area contributed by atoms with E-state index in [1.807, 2.05) is 83.7 Å². The van der Waals surface area contributed by atoms with Crippen LogP contribution in [0.1, 0.15) is 27.2 Å². The number of esters is 1. The minimum atomic E-state index is -0.861. The van der Waals surface area contributed by atoms with Crippen LogP contribution in [0.3, 0.4) is 0 Å². The molecule has 196 valence electrons. The lowest BCUT2D eigenvalue weighted by Crippen LogP contribution is -2.19. The highest BCUT2D eigenvalue weighted by Crippen LogP contribution is 2.35. The SMILES string of the molecule is COC(=O)c1c(-c2nc3ccccn3c2Cc2cn(CC(O)CO)c3cccc(C)c23)ccc2ccccc12.